The van der Waals surface area contributed by atoms with Gasteiger partial charge in [-0.3, -0.25) is 9.78 Å². The molecule has 1 heterocycles. The Morgan fingerprint density at radius 1 is 1.42 bits per heavy atom. The van der Waals surface area contributed by atoms with Crippen molar-refractivity contribution in [3.05, 3.63) is 46.1 Å². The highest BCUT2D eigenvalue weighted by Gasteiger charge is 2.12. The van der Waals surface area contributed by atoms with Crippen LogP contribution in [0.1, 0.15) is 16.1 Å². The molecule has 19 heavy (non-hydrogen) atoms. The largest absolute Gasteiger partial charge is 0.382 e. The summed E-state index contributed by atoms with van der Waals surface area (Å²) in [5, 5.41) is 2.56. The van der Waals surface area contributed by atoms with Gasteiger partial charge in [0.15, 0.2) is 0 Å². The summed E-state index contributed by atoms with van der Waals surface area (Å²) < 4.78 is 13.8. The molecule has 1 amide bonds. The molecule has 0 fully saturated rings. The van der Waals surface area contributed by atoms with Gasteiger partial charge in [-0.25, -0.2) is 9.37 Å². The normalized spacial score (nSPS) is 10.3. The van der Waals surface area contributed by atoms with Crippen molar-refractivity contribution in [2.45, 2.75) is 6.92 Å². The fourth-order valence-corrected chi connectivity index (χ4v) is 1.92. The van der Waals surface area contributed by atoms with E-state index in [4.69, 9.17) is 5.73 Å². The van der Waals surface area contributed by atoms with Crippen molar-refractivity contribution in [3.63, 3.8) is 0 Å². The molecule has 0 aliphatic heterocycles. The van der Waals surface area contributed by atoms with Crippen LogP contribution in [0.25, 0.3) is 0 Å². The van der Waals surface area contributed by atoms with E-state index in [1.807, 2.05) is 0 Å². The minimum Gasteiger partial charge on any atom is -0.382 e. The molecule has 0 aliphatic rings. The van der Waals surface area contributed by atoms with E-state index in [9.17, 15) is 9.18 Å². The number of carbonyl (C=O) groups excluding carboxylic acids is 1. The number of aromatic nitrogens is 2. The van der Waals surface area contributed by atoms with Crippen LogP contribution in [0.3, 0.4) is 0 Å². The Kier molecular flexibility index (Phi) is 3.75. The van der Waals surface area contributed by atoms with E-state index in [1.165, 1.54) is 18.5 Å². The number of benzene rings is 1. The lowest BCUT2D eigenvalue weighted by atomic mass is 10.2. The number of rotatable bonds is 2. The highest BCUT2D eigenvalue weighted by atomic mass is 79.9. The van der Waals surface area contributed by atoms with Gasteiger partial charge in [0.05, 0.1) is 16.9 Å². The first kappa shape index (κ1) is 13.4. The van der Waals surface area contributed by atoms with E-state index in [0.717, 1.165) is 5.56 Å². The van der Waals surface area contributed by atoms with Gasteiger partial charge in [-0.05, 0) is 40.5 Å². The van der Waals surface area contributed by atoms with Gasteiger partial charge < -0.3 is 11.1 Å². The van der Waals surface area contributed by atoms with Gasteiger partial charge in [-0.2, -0.15) is 0 Å². The predicted molar refractivity (Wildman–Crippen MR) is 73.2 cm³/mol. The lowest BCUT2D eigenvalue weighted by Crippen LogP contribution is -2.15. The summed E-state index contributed by atoms with van der Waals surface area (Å²) in [5.74, 6) is -0.810. The lowest BCUT2D eigenvalue weighted by Gasteiger charge is -2.09. The smallest absolute Gasteiger partial charge is 0.275 e. The highest BCUT2D eigenvalue weighted by molar-refractivity contribution is 9.10. The van der Waals surface area contributed by atoms with Crippen molar-refractivity contribution in [2.24, 2.45) is 0 Å². The number of nitrogens with zero attached hydrogens (tertiary/aromatic N) is 2. The first-order chi connectivity index (χ1) is 8.97. The van der Waals surface area contributed by atoms with Crippen molar-refractivity contribution in [1.29, 1.82) is 0 Å². The van der Waals surface area contributed by atoms with E-state index >= 15 is 0 Å². The third-order valence-electron chi connectivity index (χ3n) is 2.40. The molecule has 0 unspecified atom stereocenters. The average molecular weight is 325 g/mol. The summed E-state index contributed by atoms with van der Waals surface area (Å²) in [6.45, 7) is 1.75. The number of nitrogens with one attached hydrogen (secondary N) is 1. The molecule has 7 heteroatoms. The van der Waals surface area contributed by atoms with Crippen LogP contribution in [0.4, 0.5) is 15.9 Å². The Hall–Kier alpha value is -2.02. The number of amides is 1. The van der Waals surface area contributed by atoms with E-state index in [-0.39, 0.29) is 11.5 Å². The number of aryl methyl sites for hydroxylation is 1. The Balaban J connectivity index is 2.27. The molecule has 1 aromatic carbocycles. The van der Waals surface area contributed by atoms with Crippen molar-refractivity contribution < 1.29 is 9.18 Å². The summed E-state index contributed by atoms with van der Waals surface area (Å²) in [4.78, 5) is 19.5. The van der Waals surface area contributed by atoms with E-state index in [0.29, 0.717) is 10.2 Å². The van der Waals surface area contributed by atoms with Gasteiger partial charge in [0.2, 0.25) is 0 Å². The van der Waals surface area contributed by atoms with Crippen molar-refractivity contribution in [3.8, 4) is 0 Å². The van der Waals surface area contributed by atoms with Crippen LogP contribution in [0, 0.1) is 12.7 Å². The molecule has 98 valence electrons. The number of nitrogens with two attached hydrogens (primary N) is 1. The van der Waals surface area contributed by atoms with Crippen LogP contribution in [-0.2, 0) is 0 Å². The third-order valence-corrected chi connectivity index (χ3v) is 3.01. The Bertz CT molecular complexity index is 648. The van der Waals surface area contributed by atoms with Crippen molar-refractivity contribution in [2.75, 3.05) is 11.1 Å². The van der Waals surface area contributed by atoms with Crippen LogP contribution >= 0.6 is 15.9 Å². The zero-order chi connectivity index (χ0) is 14.0. The van der Waals surface area contributed by atoms with Gasteiger partial charge in [-0.15, -0.1) is 0 Å². The quantitative estimate of drug-likeness (QED) is 0.889. The Labute approximate surface area is 117 Å². The van der Waals surface area contributed by atoms with Gasteiger partial charge in [-0.1, -0.05) is 0 Å². The van der Waals surface area contributed by atoms with Crippen LogP contribution in [-0.4, -0.2) is 15.9 Å². The van der Waals surface area contributed by atoms with Gasteiger partial charge >= 0.3 is 0 Å². The van der Waals surface area contributed by atoms with Crippen LogP contribution in [0.2, 0.25) is 0 Å². The molecule has 1 aromatic heterocycles. The Morgan fingerprint density at radius 3 is 2.84 bits per heavy atom. The number of carbonyl (C=O) groups is 1. The molecule has 3 N–H and O–H groups in total. The topological polar surface area (TPSA) is 80.9 Å². The minimum atomic E-state index is -0.496. The predicted octanol–water partition coefficient (Wildman–Crippen LogP) is 2.52. The molecular formula is C12H10BrFN4O. The summed E-state index contributed by atoms with van der Waals surface area (Å²) in [6, 6.07) is 2.81. The maximum atomic E-state index is 13.4. The van der Waals surface area contributed by atoms with Crippen LogP contribution in [0.15, 0.2) is 29.0 Å². The first-order valence-corrected chi connectivity index (χ1v) is 6.11. The molecule has 0 bridgehead atoms. The van der Waals surface area contributed by atoms with Gasteiger partial charge in [0, 0.05) is 5.69 Å². The Morgan fingerprint density at radius 2 is 2.16 bits per heavy atom. The van der Waals surface area contributed by atoms with Crippen molar-refractivity contribution in [1.82, 2.24) is 9.97 Å². The summed E-state index contributed by atoms with van der Waals surface area (Å²) >= 11 is 3.07. The molecule has 0 saturated heterocycles. The first-order valence-electron chi connectivity index (χ1n) is 5.32. The average Bonchev–Trinajstić information content (AvgIpc) is 2.36. The summed E-state index contributed by atoms with van der Waals surface area (Å²) in [6.07, 6.45) is 2.62. The van der Waals surface area contributed by atoms with Gasteiger partial charge in [0.1, 0.15) is 17.3 Å². The lowest BCUT2D eigenvalue weighted by molar-refractivity contribution is 0.102. The minimum absolute atomic E-state index is 0.0720. The van der Waals surface area contributed by atoms with Gasteiger partial charge in [0.25, 0.3) is 5.91 Å². The zero-order valence-corrected chi connectivity index (χ0v) is 11.5. The second kappa shape index (κ2) is 5.31. The SMILES string of the molecule is Cc1cc(Br)c(F)cc1NC(=O)c1cncc(N)n1. The molecule has 0 saturated carbocycles. The standard InChI is InChI=1S/C12H10BrFN4O/c1-6-2-7(13)8(14)3-9(6)18-12(19)10-4-16-5-11(15)17-10/h2-5H,1H3,(H2,15,17)(H,18,19). The molecule has 0 atom stereocenters. The molecule has 2 rings (SSSR count). The second-order valence-corrected chi connectivity index (χ2v) is 4.72. The fourth-order valence-electron chi connectivity index (χ4n) is 1.46. The summed E-state index contributed by atoms with van der Waals surface area (Å²) in [5.41, 5.74) is 6.61. The molecule has 0 spiro atoms. The molecular weight excluding hydrogens is 315 g/mol. The highest BCUT2D eigenvalue weighted by Crippen LogP contribution is 2.24. The maximum Gasteiger partial charge on any atom is 0.275 e. The van der Waals surface area contributed by atoms with Crippen LogP contribution in [0.5, 0.6) is 0 Å². The maximum absolute atomic E-state index is 13.4. The number of hydrogen-bond donors (Lipinski definition) is 2. The molecule has 0 radical (unpaired) electrons. The number of nitrogen functional groups attached to an aromatic ring is 1. The molecule has 2 aromatic rings. The van der Waals surface area contributed by atoms with E-state index in [1.54, 1.807) is 13.0 Å². The van der Waals surface area contributed by atoms with Crippen molar-refractivity contribution >= 4 is 33.3 Å². The monoisotopic (exact) mass is 324 g/mol. The third kappa shape index (κ3) is 3.05. The number of hydrogen-bond acceptors (Lipinski definition) is 4. The van der Waals surface area contributed by atoms with Crippen LogP contribution < -0.4 is 11.1 Å². The number of anilines is 2. The zero-order valence-electron chi connectivity index (χ0n) is 9.95. The second-order valence-electron chi connectivity index (χ2n) is 3.86. The van der Waals surface area contributed by atoms with E-state index in [2.05, 4.69) is 31.2 Å². The van der Waals surface area contributed by atoms with E-state index < -0.39 is 11.7 Å². The fraction of sp³-hybridized carbons (Fsp3) is 0.0833. The number of halogens is 2. The molecule has 5 nitrogen and oxygen atoms in total. The summed E-state index contributed by atoms with van der Waals surface area (Å²) in [7, 11) is 0. The molecule has 0 aliphatic carbocycles.